The van der Waals surface area contributed by atoms with Crippen LogP contribution in [0.5, 0.6) is 5.75 Å². The average molecular weight is 336 g/mol. The molecule has 0 aliphatic heterocycles. The maximum atomic E-state index is 14.1. The van der Waals surface area contributed by atoms with Crippen molar-refractivity contribution in [2.75, 3.05) is 7.11 Å². The van der Waals surface area contributed by atoms with Gasteiger partial charge in [-0.3, -0.25) is 4.79 Å². The van der Waals surface area contributed by atoms with E-state index in [1.54, 1.807) is 72.8 Å². The zero-order valence-electron chi connectivity index (χ0n) is 13.3. The minimum Gasteiger partial charge on any atom is -0.496 e. The van der Waals surface area contributed by atoms with Crippen LogP contribution in [0.3, 0.4) is 0 Å². The summed E-state index contributed by atoms with van der Waals surface area (Å²) in [7, 11) is -2.04. The molecule has 0 saturated heterocycles. The lowest BCUT2D eigenvalue weighted by Crippen LogP contribution is -2.24. The monoisotopic (exact) mass is 336 g/mol. The van der Waals surface area contributed by atoms with Gasteiger partial charge in [-0.15, -0.1) is 0 Å². The van der Waals surface area contributed by atoms with Gasteiger partial charge in [0.15, 0.2) is 0 Å². The highest BCUT2D eigenvalue weighted by atomic mass is 31.2. The Morgan fingerprint density at radius 2 is 1.33 bits per heavy atom. The Bertz CT molecular complexity index is 889. The number of rotatable bonds is 5. The first-order chi connectivity index (χ1) is 11.7. The van der Waals surface area contributed by atoms with Crippen LogP contribution in [0.15, 0.2) is 84.9 Å². The molecule has 0 aliphatic carbocycles. The van der Waals surface area contributed by atoms with E-state index in [2.05, 4.69) is 0 Å². The molecule has 3 aromatic rings. The Morgan fingerprint density at radius 1 is 0.792 bits per heavy atom. The summed E-state index contributed by atoms with van der Waals surface area (Å²) in [6.45, 7) is 0. The van der Waals surface area contributed by atoms with Gasteiger partial charge < -0.3 is 9.30 Å². The van der Waals surface area contributed by atoms with Gasteiger partial charge in [0.25, 0.3) is 0 Å². The van der Waals surface area contributed by atoms with Crippen LogP contribution in [-0.2, 0) is 4.57 Å². The van der Waals surface area contributed by atoms with Gasteiger partial charge in [0.05, 0.1) is 12.4 Å². The number of ether oxygens (including phenoxy) is 1. The zero-order chi connectivity index (χ0) is 17.0. The fourth-order valence-corrected chi connectivity index (χ4v) is 5.26. The molecule has 0 N–H and O–H groups in total. The summed E-state index contributed by atoms with van der Waals surface area (Å²) in [6.07, 6.45) is 0. The van der Waals surface area contributed by atoms with E-state index in [9.17, 15) is 9.36 Å². The lowest BCUT2D eigenvalue weighted by Gasteiger charge is -2.20. The van der Waals surface area contributed by atoms with Crippen molar-refractivity contribution in [2.45, 2.75) is 0 Å². The number of para-hydroxylation sites is 1. The maximum Gasteiger partial charge on any atom is 0.230 e. The van der Waals surface area contributed by atoms with E-state index >= 15 is 0 Å². The zero-order valence-corrected chi connectivity index (χ0v) is 14.1. The molecule has 3 aromatic carbocycles. The lowest BCUT2D eigenvalue weighted by molar-refractivity contribution is 0.107. The largest absolute Gasteiger partial charge is 0.496 e. The van der Waals surface area contributed by atoms with Crippen LogP contribution in [0.25, 0.3) is 0 Å². The van der Waals surface area contributed by atoms with Gasteiger partial charge in [0.1, 0.15) is 5.75 Å². The van der Waals surface area contributed by atoms with E-state index in [-0.39, 0.29) is 5.52 Å². The van der Waals surface area contributed by atoms with Gasteiger partial charge >= 0.3 is 0 Å². The second-order valence-electron chi connectivity index (χ2n) is 5.29. The Labute approximate surface area is 141 Å². The third kappa shape index (κ3) is 2.79. The van der Waals surface area contributed by atoms with Crippen molar-refractivity contribution in [3.05, 3.63) is 90.5 Å². The molecule has 0 heterocycles. The van der Waals surface area contributed by atoms with E-state index in [0.29, 0.717) is 21.9 Å². The molecule has 0 fully saturated rings. The number of carbonyl (C=O) groups excluding carboxylic acids is 1. The standard InChI is InChI=1S/C20H17O3P/c1-23-18-14-8-9-15-19(18)24(22,17-12-6-3-7-13-17)20(21)16-10-4-2-5-11-16/h2-15H,1H3. The SMILES string of the molecule is COc1ccccc1P(=O)(C(=O)c1ccccc1)c1ccccc1. The van der Waals surface area contributed by atoms with E-state index in [4.69, 9.17) is 4.74 Å². The smallest absolute Gasteiger partial charge is 0.230 e. The number of hydrogen-bond acceptors (Lipinski definition) is 3. The molecule has 1 unspecified atom stereocenters. The fourth-order valence-electron chi connectivity index (χ4n) is 2.66. The first-order valence-electron chi connectivity index (χ1n) is 7.57. The quantitative estimate of drug-likeness (QED) is 0.665. The molecule has 24 heavy (non-hydrogen) atoms. The molecular formula is C20H17O3P. The summed E-state index contributed by atoms with van der Waals surface area (Å²) < 4.78 is 19.4. The van der Waals surface area contributed by atoms with Crippen LogP contribution < -0.4 is 15.3 Å². The third-order valence-corrected chi connectivity index (χ3v) is 6.75. The van der Waals surface area contributed by atoms with Crippen LogP contribution in [0.2, 0.25) is 0 Å². The van der Waals surface area contributed by atoms with Crippen molar-refractivity contribution in [1.29, 1.82) is 0 Å². The van der Waals surface area contributed by atoms with Gasteiger partial charge in [-0.1, -0.05) is 72.8 Å². The van der Waals surface area contributed by atoms with Gasteiger partial charge in [-0.05, 0) is 12.1 Å². The van der Waals surface area contributed by atoms with Gasteiger partial charge in [0.2, 0.25) is 12.7 Å². The highest BCUT2D eigenvalue weighted by Gasteiger charge is 2.38. The van der Waals surface area contributed by atoms with E-state index in [1.807, 2.05) is 12.1 Å². The molecule has 0 aliphatic rings. The molecule has 3 rings (SSSR count). The van der Waals surface area contributed by atoms with Crippen molar-refractivity contribution < 1.29 is 14.1 Å². The highest BCUT2D eigenvalue weighted by molar-refractivity contribution is 7.93. The Hall–Kier alpha value is -2.64. The topological polar surface area (TPSA) is 43.4 Å². The van der Waals surface area contributed by atoms with Crippen molar-refractivity contribution in [3.63, 3.8) is 0 Å². The molecule has 120 valence electrons. The summed E-state index contributed by atoms with van der Waals surface area (Å²) in [4.78, 5) is 13.2. The predicted molar refractivity (Wildman–Crippen MR) is 97.1 cm³/mol. The first kappa shape index (κ1) is 16.2. The van der Waals surface area contributed by atoms with E-state index in [1.165, 1.54) is 7.11 Å². The van der Waals surface area contributed by atoms with Gasteiger partial charge in [-0.2, -0.15) is 0 Å². The molecule has 1 atom stereocenters. The summed E-state index contributed by atoms with van der Waals surface area (Å²) in [5.41, 5.74) is 0.0365. The van der Waals surface area contributed by atoms with Crippen molar-refractivity contribution in [2.24, 2.45) is 0 Å². The van der Waals surface area contributed by atoms with E-state index < -0.39 is 7.14 Å². The van der Waals surface area contributed by atoms with Crippen LogP contribution >= 0.6 is 7.14 Å². The first-order valence-corrected chi connectivity index (χ1v) is 9.28. The normalized spacial score (nSPS) is 13.0. The molecular weight excluding hydrogens is 319 g/mol. The lowest BCUT2D eigenvalue weighted by atomic mass is 10.2. The molecule has 3 nitrogen and oxygen atoms in total. The molecule has 0 amide bonds. The molecule has 0 spiro atoms. The third-order valence-electron chi connectivity index (χ3n) is 3.85. The minimum absolute atomic E-state index is 0.390. The summed E-state index contributed by atoms with van der Waals surface area (Å²) in [5.74, 6) is 0.453. The van der Waals surface area contributed by atoms with Crippen LogP contribution in [-0.4, -0.2) is 12.6 Å². The summed E-state index contributed by atoms with van der Waals surface area (Å²) >= 11 is 0. The molecule has 4 heteroatoms. The Morgan fingerprint density at radius 3 is 1.96 bits per heavy atom. The molecule has 0 saturated carbocycles. The van der Waals surface area contributed by atoms with Gasteiger partial charge in [0, 0.05) is 10.9 Å². The molecule has 0 bridgehead atoms. The fraction of sp³-hybridized carbons (Fsp3) is 0.0500. The average Bonchev–Trinajstić information content (AvgIpc) is 2.68. The number of benzene rings is 3. The number of carbonyl (C=O) groups is 1. The molecule has 0 radical (unpaired) electrons. The summed E-state index contributed by atoms with van der Waals surface area (Å²) in [6, 6.07) is 24.6. The van der Waals surface area contributed by atoms with Crippen LogP contribution in [0.4, 0.5) is 0 Å². The second-order valence-corrected chi connectivity index (χ2v) is 7.91. The number of hydrogen-bond donors (Lipinski definition) is 0. The Balaban J connectivity index is 2.27. The second kappa shape index (κ2) is 6.86. The van der Waals surface area contributed by atoms with E-state index in [0.717, 1.165) is 0 Å². The minimum atomic E-state index is -3.56. The molecule has 0 aromatic heterocycles. The Kier molecular flexibility index (Phi) is 4.64. The van der Waals surface area contributed by atoms with Crippen LogP contribution in [0.1, 0.15) is 10.4 Å². The van der Waals surface area contributed by atoms with Crippen molar-refractivity contribution >= 4 is 23.3 Å². The highest BCUT2D eigenvalue weighted by Crippen LogP contribution is 2.48. The summed E-state index contributed by atoms with van der Waals surface area (Å²) in [5, 5.41) is 0.927. The van der Waals surface area contributed by atoms with Crippen molar-refractivity contribution in [1.82, 2.24) is 0 Å². The van der Waals surface area contributed by atoms with Crippen molar-refractivity contribution in [3.8, 4) is 5.75 Å². The maximum absolute atomic E-state index is 14.1. The van der Waals surface area contributed by atoms with Gasteiger partial charge in [-0.25, -0.2) is 0 Å². The number of methoxy groups -OCH3 is 1. The predicted octanol–water partition coefficient (Wildman–Crippen LogP) is 3.85. The van der Waals surface area contributed by atoms with Crippen LogP contribution in [0, 0.1) is 0 Å².